The van der Waals surface area contributed by atoms with Gasteiger partial charge < -0.3 is 15.3 Å². The van der Waals surface area contributed by atoms with E-state index in [0.29, 0.717) is 13.1 Å². The van der Waals surface area contributed by atoms with Crippen LogP contribution in [0.5, 0.6) is 0 Å². The molecule has 1 aliphatic rings. The van der Waals surface area contributed by atoms with Crippen molar-refractivity contribution in [3.05, 3.63) is 35.2 Å². The van der Waals surface area contributed by atoms with Gasteiger partial charge in [0.1, 0.15) is 0 Å². The fourth-order valence-corrected chi connectivity index (χ4v) is 4.01. The number of rotatable bonds is 4. The van der Waals surface area contributed by atoms with Crippen LogP contribution in [0.1, 0.15) is 18.9 Å². The molecule has 2 N–H and O–H groups in total. The second-order valence-corrected chi connectivity index (χ2v) is 6.89. The van der Waals surface area contributed by atoms with E-state index in [1.165, 1.54) is 15.6 Å². The first-order chi connectivity index (χ1) is 10.6. The lowest BCUT2D eigenvalue weighted by molar-refractivity contribution is 0.129. The van der Waals surface area contributed by atoms with Gasteiger partial charge in [0, 0.05) is 30.3 Å². The summed E-state index contributed by atoms with van der Waals surface area (Å²) in [6.07, 6.45) is 1.40. The number of benzene rings is 1. The van der Waals surface area contributed by atoms with Crippen LogP contribution >= 0.6 is 11.3 Å². The molecule has 1 aromatic carbocycles. The number of nitrogens with one attached hydrogen (secondary N) is 1. The quantitative estimate of drug-likeness (QED) is 0.911. The summed E-state index contributed by atoms with van der Waals surface area (Å²) in [7, 11) is 0. The maximum Gasteiger partial charge on any atom is 0.317 e. The molecule has 1 fully saturated rings. The van der Waals surface area contributed by atoms with Crippen LogP contribution in [0.25, 0.3) is 10.1 Å². The maximum absolute atomic E-state index is 12.1. The smallest absolute Gasteiger partial charge is 0.317 e. The summed E-state index contributed by atoms with van der Waals surface area (Å²) in [6, 6.07) is 8.36. The Kier molecular flexibility index (Phi) is 4.64. The average Bonchev–Trinajstić information content (AvgIpc) is 3.14. The van der Waals surface area contributed by atoms with E-state index >= 15 is 0 Å². The van der Waals surface area contributed by atoms with Crippen molar-refractivity contribution in [1.82, 2.24) is 10.2 Å². The van der Waals surface area contributed by atoms with Crippen LogP contribution < -0.4 is 5.32 Å². The monoisotopic (exact) mass is 318 g/mol. The van der Waals surface area contributed by atoms with E-state index in [1.807, 2.05) is 4.90 Å². The topological polar surface area (TPSA) is 52.6 Å². The first-order valence-corrected chi connectivity index (χ1v) is 8.69. The number of aliphatic hydroxyl groups excluding tert-OH is 1. The Morgan fingerprint density at radius 3 is 3.09 bits per heavy atom. The third-order valence-electron chi connectivity index (χ3n) is 4.43. The van der Waals surface area contributed by atoms with Crippen LogP contribution in [0.15, 0.2) is 29.6 Å². The van der Waals surface area contributed by atoms with Crippen molar-refractivity contribution in [3.63, 3.8) is 0 Å². The first-order valence-electron chi connectivity index (χ1n) is 7.81. The Morgan fingerprint density at radius 2 is 2.32 bits per heavy atom. The normalized spacial score (nSPS) is 19.5. The van der Waals surface area contributed by atoms with Gasteiger partial charge in [0.15, 0.2) is 0 Å². The highest BCUT2D eigenvalue weighted by Crippen LogP contribution is 2.25. The highest BCUT2D eigenvalue weighted by molar-refractivity contribution is 7.17. The van der Waals surface area contributed by atoms with E-state index in [2.05, 4.69) is 35.0 Å². The molecule has 1 saturated heterocycles. The zero-order valence-electron chi connectivity index (χ0n) is 12.8. The standard InChI is InChI=1S/C17H22N2O2S/c1-12(20)13-7-9-19(10-13)17(21)18-8-6-14-11-22-16-5-3-2-4-15(14)16/h2-5,11-13,20H,6-10H2,1H3,(H,18,21)/t12-,13+/m1/s1. The number of hydrogen-bond acceptors (Lipinski definition) is 3. The number of nitrogens with zero attached hydrogens (tertiary/aromatic N) is 1. The fourth-order valence-electron chi connectivity index (χ4n) is 3.01. The number of carbonyl (C=O) groups is 1. The van der Waals surface area contributed by atoms with E-state index in [0.717, 1.165) is 19.4 Å². The molecule has 0 radical (unpaired) electrons. The number of carbonyl (C=O) groups excluding carboxylic acids is 1. The molecule has 2 atom stereocenters. The number of aliphatic hydroxyl groups is 1. The molecular formula is C17H22N2O2S. The molecule has 1 aliphatic heterocycles. The molecule has 22 heavy (non-hydrogen) atoms. The van der Waals surface area contributed by atoms with E-state index in [1.54, 1.807) is 18.3 Å². The van der Waals surface area contributed by atoms with Crippen LogP contribution in [-0.4, -0.2) is 41.8 Å². The van der Waals surface area contributed by atoms with Gasteiger partial charge >= 0.3 is 6.03 Å². The molecular weight excluding hydrogens is 296 g/mol. The number of hydrogen-bond donors (Lipinski definition) is 2. The first kappa shape index (κ1) is 15.3. The summed E-state index contributed by atoms with van der Waals surface area (Å²) >= 11 is 1.75. The molecule has 3 rings (SSSR count). The summed E-state index contributed by atoms with van der Waals surface area (Å²) in [5, 5.41) is 16.1. The lowest BCUT2D eigenvalue weighted by Gasteiger charge is -2.18. The predicted molar refractivity (Wildman–Crippen MR) is 90.3 cm³/mol. The van der Waals surface area contributed by atoms with Crippen LogP contribution in [0.2, 0.25) is 0 Å². The van der Waals surface area contributed by atoms with Crippen molar-refractivity contribution < 1.29 is 9.90 Å². The van der Waals surface area contributed by atoms with Crippen LogP contribution in [0.4, 0.5) is 4.79 Å². The fraction of sp³-hybridized carbons (Fsp3) is 0.471. The molecule has 2 amide bonds. The Hall–Kier alpha value is -1.59. The zero-order chi connectivity index (χ0) is 15.5. The van der Waals surface area contributed by atoms with E-state index in [-0.39, 0.29) is 18.1 Å². The van der Waals surface area contributed by atoms with Crippen LogP contribution in [-0.2, 0) is 6.42 Å². The lowest BCUT2D eigenvalue weighted by atomic mass is 10.0. The summed E-state index contributed by atoms with van der Waals surface area (Å²) in [4.78, 5) is 13.9. The SMILES string of the molecule is C[C@@H](O)[C@H]1CCN(C(=O)NCCc2csc3ccccc23)C1. The third kappa shape index (κ3) is 3.25. The molecule has 0 spiro atoms. The van der Waals surface area contributed by atoms with Gasteiger partial charge in [0.05, 0.1) is 6.10 Å². The van der Waals surface area contributed by atoms with E-state index < -0.39 is 0 Å². The average molecular weight is 318 g/mol. The molecule has 1 aromatic heterocycles. The van der Waals surface area contributed by atoms with Crippen molar-refractivity contribution >= 4 is 27.5 Å². The van der Waals surface area contributed by atoms with Gasteiger partial charge in [-0.3, -0.25) is 0 Å². The van der Waals surface area contributed by atoms with Crippen molar-refractivity contribution in [2.24, 2.45) is 5.92 Å². The molecule has 118 valence electrons. The molecule has 0 saturated carbocycles. The second-order valence-electron chi connectivity index (χ2n) is 5.97. The lowest BCUT2D eigenvalue weighted by Crippen LogP contribution is -2.39. The molecule has 5 heteroatoms. The number of urea groups is 1. The Labute approximate surface area is 134 Å². The van der Waals surface area contributed by atoms with Gasteiger partial charge in [-0.1, -0.05) is 18.2 Å². The van der Waals surface area contributed by atoms with Gasteiger partial charge in [-0.05, 0) is 42.2 Å². The van der Waals surface area contributed by atoms with E-state index in [9.17, 15) is 9.90 Å². The van der Waals surface area contributed by atoms with Gasteiger partial charge in [0.2, 0.25) is 0 Å². The van der Waals surface area contributed by atoms with Gasteiger partial charge in [-0.2, -0.15) is 0 Å². The summed E-state index contributed by atoms with van der Waals surface area (Å²) < 4.78 is 1.29. The molecule has 0 unspecified atom stereocenters. The van der Waals surface area contributed by atoms with Gasteiger partial charge in [-0.15, -0.1) is 11.3 Å². The number of amides is 2. The minimum absolute atomic E-state index is 0.0114. The number of thiophene rings is 1. The Bertz CT molecular complexity index is 653. The summed E-state index contributed by atoms with van der Waals surface area (Å²) in [5.41, 5.74) is 1.30. The van der Waals surface area contributed by atoms with Crippen molar-refractivity contribution in [2.45, 2.75) is 25.9 Å². The van der Waals surface area contributed by atoms with Gasteiger partial charge in [-0.25, -0.2) is 4.79 Å². The Morgan fingerprint density at radius 1 is 1.50 bits per heavy atom. The van der Waals surface area contributed by atoms with Gasteiger partial charge in [0.25, 0.3) is 0 Å². The maximum atomic E-state index is 12.1. The Balaban J connectivity index is 1.50. The van der Waals surface area contributed by atoms with Crippen LogP contribution in [0.3, 0.4) is 0 Å². The van der Waals surface area contributed by atoms with E-state index in [4.69, 9.17) is 0 Å². The number of fused-ring (bicyclic) bond motifs is 1. The van der Waals surface area contributed by atoms with Crippen molar-refractivity contribution in [2.75, 3.05) is 19.6 Å². The highest BCUT2D eigenvalue weighted by atomic mass is 32.1. The largest absolute Gasteiger partial charge is 0.393 e. The molecule has 2 heterocycles. The molecule has 0 bridgehead atoms. The molecule has 0 aliphatic carbocycles. The molecule has 2 aromatic rings. The number of likely N-dealkylation sites (tertiary alicyclic amines) is 1. The van der Waals surface area contributed by atoms with Crippen molar-refractivity contribution in [1.29, 1.82) is 0 Å². The predicted octanol–water partition coefficient (Wildman–Crippen LogP) is 2.86. The minimum Gasteiger partial charge on any atom is -0.393 e. The third-order valence-corrected chi connectivity index (χ3v) is 5.44. The summed E-state index contributed by atoms with van der Waals surface area (Å²) in [6.45, 7) is 3.84. The highest BCUT2D eigenvalue weighted by Gasteiger charge is 2.28. The molecule has 4 nitrogen and oxygen atoms in total. The minimum atomic E-state index is -0.338. The summed E-state index contributed by atoms with van der Waals surface area (Å²) in [5.74, 6) is 0.214. The zero-order valence-corrected chi connectivity index (χ0v) is 13.6. The van der Waals surface area contributed by atoms with Crippen LogP contribution in [0, 0.1) is 5.92 Å². The van der Waals surface area contributed by atoms with Crippen molar-refractivity contribution in [3.8, 4) is 0 Å². The second kappa shape index (κ2) is 6.67.